The van der Waals surface area contributed by atoms with Crippen molar-refractivity contribution in [1.82, 2.24) is 4.90 Å². The van der Waals surface area contributed by atoms with E-state index in [0.29, 0.717) is 0 Å². The molecule has 2 heterocycles. The Hall–Kier alpha value is -2.17. The van der Waals surface area contributed by atoms with Gasteiger partial charge in [-0.15, -0.1) is 0 Å². The fraction of sp³-hybridized carbons (Fsp3) is 0.400. The van der Waals surface area contributed by atoms with E-state index in [1.165, 1.54) is 0 Å². The summed E-state index contributed by atoms with van der Waals surface area (Å²) < 4.78 is 0. The smallest absolute Gasteiger partial charge is 0.408 e. The quantitative estimate of drug-likeness (QED) is 0.571. The number of nitrogens with zero attached hydrogens (tertiary/aromatic N) is 1. The zero-order valence-electron chi connectivity index (χ0n) is 11.4. The van der Waals surface area contributed by atoms with Gasteiger partial charge in [0.1, 0.15) is 0 Å². The van der Waals surface area contributed by atoms with Crippen LogP contribution in [0.15, 0.2) is 35.9 Å². The fourth-order valence-electron chi connectivity index (χ4n) is 3.33. The van der Waals surface area contributed by atoms with Crippen LogP contribution in [-0.2, 0) is 0 Å². The van der Waals surface area contributed by atoms with Crippen molar-refractivity contribution < 1.29 is 9.90 Å². The highest BCUT2D eigenvalue weighted by Gasteiger charge is 2.42. The molecule has 2 bridgehead atoms. The van der Waals surface area contributed by atoms with Crippen molar-refractivity contribution in [2.45, 2.75) is 37.9 Å². The van der Waals surface area contributed by atoms with Gasteiger partial charge >= 0.3 is 6.09 Å². The lowest BCUT2D eigenvalue weighted by Gasteiger charge is -2.38. The largest absolute Gasteiger partial charge is 0.465 e. The first-order valence-electron chi connectivity index (χ1n) is 6.87. The van der Waals surface area contributed by atoms with Gasteiger partial charge in [0.05, 0.1) is 23.5 Å². The molecular formula is C15H19N3O2. The van der Waals surface area contributed by atoms with Gasteiger partial charge in [0.25, 0.3) is 0 Å². The van der Waals surface area contributed by atoms with Crippen LogP contribution >= 0.6 is 0 Å². The molecule has 0 radical (unpaired) electrons. The van der Waals surface area contributed by atoms with Crippen LogP contribution in [0.3, 0.4) is 0 Å². The Bertz CT molecular complexity index is 570. The van der Waals surface area contributed by atoms with E-state index in [1.54, 1.807) is 4.90 Å². The molecule has 5 heteroatoms. The number of nitrogen functional groups attached to an aromatic ring is 1. The normalized spacial score (nSPS) is 28.1. The molecule has 0 saturated carbocycles. The molecule has 3 rings (SSSR count). The molecule has 1 aromatic rings. The highest BCUT2D eigenvalue weighted by molar-refractivity contribution is 5.69. The maximum Gasteiger partial charge on any atom is 0.408 e. The molecule has 1 amide bonds. The predicted octanol–water partition coefficient (Wildman–Crippen LogP) is 2.52. The van der Waals surface area contributed by atoms with Gasteiger partial charge in [0, 0.05) is 6.04 Å². The average Bonchev–Trinajstić information content (AvgIpc) is 2.60. The Balaban J connectivity index is 1.75. The molecule has 2 aliphatic heterocycles. The van der Waals surface area contributed by atoms with E-state index in [4.69, 9.17) is 5.73 Å². The molecule has 3 atom stereocenters. The third kappa shape index (κ3) is 2.09. The molecule has 106 valence electrons. The van der Waals surface area contributed by atoms with Crippen LogP contribution in [0.25, 0.3) is 0 Å². The molecular weight excluding hydrogens is 254 g/mol. The van der Waals surface area contributed by atoms with E-state index in [9.17, 15) is 9.90 Å². The number of rotatable bonds is 2. The zero-order valence-corrected chi connectivity index (χ0v) is 11.4. The van der Waals surface area contributed by atoms with Crippen molar-refractivity contribution in [1.29, 1.82) is 0 Å². The summed E-state index contributed by atoms with van der Waals surface area (Å²) in [7, 11) is 0. The number of carboxylic acid groups (broad SMARTS) is 1. The van der Waals surface area contributed by atoms with Crippen LogP contribution in [0.5, 0.6) is 0 Å². The molecule has 5 nitrogen and oxygen atoms in total. The Morgan fingerprint density at radius 1 is 1.40 bits per heavy atom. The van der Waals surface area contributed by atoms with Crippen LogP contribution in [0.2, 0.25) is 0 Å². The second-order valence-electron chi connectivity index (χ2n) is 5.58. The van der Waals surface area contributed by atoms with Crippen LogP contribution in [0, 0.1) is 0 Å². The lowest BCUT2D eigenvalue weighted by molar-refractivity contribution is 0.104. The van der Waals surface area contributed by atoms with E-state index in [-0.39, 0.29) is 18.1 Å². The first-order valence-corrected chi connectivity index (χ1v) is 6.87. The first-order chi connectivity index (χ1) is 9.56. The number of hydrogen-bond donors (Lipinski definition) is 3. The summed E-state index contributed by atoms with van der Waals surface area (Å²) in [4.78, 5) is 12.9. The molecule has 0 unspecified atom stereocenters. The number of fused-ring (bicyclic) bond motifs is 2. The van der Waals surface area contributed by atoms with Crippen molar-refractivity contribution in [2.75, 3.05) is 11.1 Å². The maximum absolute atomic E-state index is 11.3. The molecule has 1 saturated heterocycles. The average molecular weight is 273 g/mol. The van der Waals surface area contributed by atoms with Crippen molar-refractivity contribution in [3.63, 3.8) is 0 Å². The Labute approximate surface area is 118 Å². The number of nitrogens with two attached hydrogens (primary N) is 1. The Morgan fingerprint density at radius 3 is 2.80 bits per heavy atom. The second kappa shape index (κ2) is 4.74. The highest BCUT2D eigenvalue weighted by atomic mass is 16.4. The zero-order chi connectivity index (χ0) is 14.3. The van der Waals surface area contributed by atoms with Gasteiger partial charge in [-0.2, -0.15) is 0 Å². The summed E-state index contributed by atoms with van der Waals surface area (Å²) in [6.45, 7) is 2.01. The summed E-state index contributed by atoms with van der Waals surface area (Å²) in [6, 6.07) is 7.90. The first kappa shape index (κ1) is 12.8. The van der Waals surface area contributed by atoms with E-state index in [1.807, 2.05) is 31.2 Å². The Kier molecular flexibility index (Phi) is 3.04. The maximum atomic E-state index is 11.3. The van der Waals surface area contributed by atoms with Crippen molar-refractivity contribution in [3.8, 4) is 0 Å². The SMILES string of the molecule is CC1=C[C@@H]2C[C@H](Nc3ccccc3N)C[C@@H]1N2C(=O)O. The van der Waals surface area contributed by atoms with Gasteiger partial charge in [-0.05, 0) is 31.9 Å². The van der Waals surface area contributed by atoms with E-state index in [2.05, 4.69) is 11.4 Å². The van der Waals surface area contributed by atoms with Crippen molar-refractivity contribution in [2.24, 2.45) is 0 Å². The number of para-hydroxylation sites is 2. The second-order valence-corrected chi connectivity index (χ2v) is 5.58. The molecule has 1 aromatic carbocycles. The van der Waals surface area contributed by atoms with E-state index >= 15 is 0 Å². The minimum atomic E-state index is -0.828. The minimum Gasteiger partial charge on any atom is -0.465 e. The summed E-state index contributed by atoms with van der Waals surface area (Å²) in [5.41, 5.74) is 8.76. The number of nitrogens with one attached hydrogen (secondary N) is 1. The number of piperidine rings is 1. The van der Waals surface area contributed by atoms with Crippen molar-refractivity contribution >= 4 is 17.5 Å². The standard InChI is InChI=1S/C15H19N3O2/c1-9-6-11-7-10(8-14(9)18(11)15(19)20)17-13-5-3-2-4-12(13)16/h2-6,10-11,14,17H,7-8,16H2,1H3,(H,19,20)/t10-,11+,14-/m0/s1. The van der Waals surface area contributed by atoms with Gasteiger partial charge in [-0.1, -0.05) is 23.8 Å². The number of amides is 1. The number of benzene rings is 1. The van der Waals surface area contributed by atoms with Gasteiger partial charge in [-0.25, -0.2) is 4.79 Å². The predicted molar refractivity (Wildman–Crippen MR) is 78.7 cm³/mol. The van der Waals surface area contributed by atoms with Gasteiger partial charge in [-0.3, -0.25) is 4.90 Å². The Morgan fingerprint density at radius 2 is 2.15 bits per heavy atom. The minimum absolute atomic E-state index is 0.00585. The topological polar surface area (TPSA) is 78.6 Å². The van der Waals surface area contributed by atoms with Crippen molar-refractivity contribution in [3.05, 3.63) is 35.9 Å². The lowest BCUT2D eigenvalue weighted by atomic mass is 9.95. The molecule has 0 aromatic heterocycles. The molecule has 2 aliphatic rings. The number of carbonyl (C=O) groups is 1. The van der Waals surface area contributed by atoms with Gasteiger partial charge < -0.3 is 16.2 Å². The van der Waals surface area contributed by atoms with E-state index in [0.717, 1.165) is 29.8 Å². The summed E-state index contributed by atoms with van der Waals surface area (Å²) in [6.07, 6.45) is 2.83. The summed E-state index contributed by atoms with van der Waals surface area (Å²) in [5, 5.41) is 12.8. The summed E-state index contributed by atoms with van der Waals surface area (Å²) >= 11 is 0. The fourth-order valence-corrected chi connectivity index (χ4v) is 3.33. The summed E-state index contributed by atoms with van der Waals surface area (Å²) in [5.74, 6) is 0. The highest BCUT2D eigenvalue weighted by Crippen LogP contribution is 2.36. The number of anilines is 2. The van der Waals surface area contributed by atoms with Gasteiger partial charge in [0.15, 0.2) is 0 Å². The third-order valence-electron chi connectivity index (χ3n) is 4.25. The molecule has 20 heavy (non-hydrogen) atoms. The molecule has 4 N–H and O–H groups in total. The van der Waals surface area contributed by atoms with Gasteiger partial charge in [0.2, 0.25) is 0 Å². The third-order valence-corrected chi connectivity index (χ3v) is 4.25. The number of hydrogen-bond acceptors (Lipinski definition) is 3. The van der Waals surface area contributed by atoms with Crippen LogP contribution < -0.4 is 11.1 Å². The monoisotopic (exact) mass is 273 g/mol. The van der Waals surface area contributed by atoms with Crippen LogP contribution in [-0.4, -0.2) is 34.2 Å². The van der Waals surface area contributed by atoms with Crippen LogP contribution in [0.4, 0.5) is 16.2 Å². The van der Waals surface area contributed by atoms with Crippen LogP contribution in [0.1, 0.15) is 19.8 Å². The molecule has 0 aliphatic carbocycles. The molecule has 1 fully saturated rings. The van der Waals surface area contributed by atoms with E-state index < -0.39 is 6.09 Å². The molecule has 0 spiro atoms. The lowest BCUT2D eigenvalue weighted by Crippen LogP contribution is -2.50.